The molecule has 2 aliphatic heterocycles. The predicted molar refractivity (Wildman–Crippen MR) is 183 cm³/mol. The summed E-state index contributed by atoms with van der Waals surface area (Å²) in [5.74, 6) is -0.162. The van der Waals surface area contributed by atoms with Gasteiger partial charge >= 0.3 is 0 Å². The van der Waals surface area contributed by atoms with E-state index < -0.39 is 6.29 Å². The van der Waals surface area contributed by atoms with Crippen molar-refractivity contribution in [2.24, 2.45) is 0 Å². The van der Waals surface area contributed by atoms with Gasteiger partial charge in [0.15, 0.2) is 6.29 Å². The number of methoxy groups -OCH3 is 1. The third-order valence-electron chi connectivity index (χ3n) is 8.90. The molecule has 2 amide bonds. The molecular formula is C37H48N4O6. The van der Waals surface area contributed by atoms with Gasteiger partial charge < -0.3 is 35.7 Å². The molecule has 0 bridgehead atoms. The van der Waals surface area contributed by atoms with Gasteiger partial charge in [0.25, 0.3) is 0 Å². The number of nitrogens with zero attached hydrogens (tertiary/aromatic N) is 1. The molecule has 3 aromatic rings. The number of benzene rings is 3. The van der Waals surface area contributed by atoms with Gasteiger partial charge in [-0.3, -0.25) is 14.5 Å². The molecule has 0 saturated carbocycles. The molecule has 2 heterocycles. The molecule has 10 nitrogen and oxygen atoms in total. The van der Waals surface area contributed by atoms with Crippen LogP contribution >= 0.6 is 0 Å². The number of anilines is 3. The lowest BCUT2D eigenvalue weighted by Gasteiger charge is -2.39. The lowest BCUT2D eigenvalue weighted by atomic mass is 9.99. The number of likely N-dealkylation sites (tertiary alicyclic amines) is 1. The van der Waals surface area contributed by atoms with Gasteiger partial charge in [-0.05, 0) is 67.6 Å². The largest absolute Gasteiger partial charge is 0.397 e. The van der Waals surface area contributed by atoms with Crippen molar-refractivity contribution in [3.63, 3.8) is 0 Å². The Labute approximate surface area is 277 Å². The van der Waals surface area contributed by atoms with E-state index in [-0.39, 0.29) is 30.6 Å². The van der Waals surface area contributed by atoms with Crippen LogP contribution < -0.4 is 16.4 Å². The minimum absolute atomic E-state index is 0.00360. The number of hydrogen-bond acceptors (Lipinski definition) is 8. The highest BCUT2D eigenvalue weighted by Gasteiger charge is 2.35. The smallest absolute Gasteiger partial charge is 0.224 e. The molecule has 2 saturated heterocycles. The van der Waals surface area contributed by atoms with Crippen molar-refractivity contribution in [1.82, 2.24) is 4.90 Å². The molecule has 2 fully saturated rings. The average molecular weight is 645 g/mol. The Hall–Kier alpha value is -3.80. The fraction of sp³-hybridized carbons (Fsp3) is 0.459. The van der Waals surface area contributed by atoms with Gasteiger partial charge in [0, 0.05) is 50.2 Å². The monoisotopic (exact) mass is 644 g/mol. The molecule has 2 aliphatic rings. The topological polar surface area (TPSA) is 135 Å². The summed E-state index contributed by atoms with van der Waals surface area (Å²) in [6, 6.07) is 23.1. The predicted octanol–water partition coefficient (Wildman–Crippen LogP) is 5.95. The van der Waals surface area contributed by atoms with Gasteiger partial charge in [-0.25, -0.2) is 0 Å². The fourth-order valence-corrected chi connectivity index (χ4v) is 6.37. The number of nitrogen functional groups attached to an aromatic ring is 1. The summed E-state index contributed by atoms with van der Waals surface area (Å²) in [6.45, 7) is 2.51. The summed E-state index contributed by atoms with van der Waals surface area (Å²) in [7, 11) is 1.75. The van der Waals surface area contributed by atoms with Crippen LogP contribution in [-0.4, -0.2) is 60.8 Å². The minimum Gasteiger partial charge on any atom is -0.397 e. The highest BCUT2D eigenvalue weighted by Crippen LogP contribution is 2.39. The Bertz CT molecular complexity index is 1450. The first-order valence-corrected chi connectivity index (χ1v) is 16.7. The third kappa shape index (κ3) is 10.1. The third-order valence-corrected chi connectivity index (χ3v) is 8.90. The first-order chi connectivity index (χ1) is 22.9. The summed E-state index contributed by atoms with van der Waals surface area (Å²) in [5.41, 5.74) is 10.5. The number of aliphatic hydroxyl groups is 1. The maximum Gasteiger partial charge on any atom is 0.224 e. The van der Waals surface area contributed by atoms with Crippen LogP contribution in [0.4, 0.5) is 17.1 Å². The quantitative estimate of drug-likeness (QED) is 0.118. The number of hydrogen-bond donors (Lipinski definition) is 4. The normalized spacial score (nSPS) is 21.4. The number of nitrogens with two attached hydrogens (primary N) is 1. The van der Waals surface area contributed by atoms with Crippen molar-refractivity contribution < 1.29 is 28.9 Å². The van der Waals surface area contributed by atoms with E-state index >= 15 is 0 Å². The maximum atomic E-state index is 12.8. The van der Waals surface area contributed by atoms with Gasteiger partial charge in [0.1, 0.15) is 0 Å². The average Bonchev–Trinajstić information content (AvgIpc) is 3.52. The Morgan fingerprint density at radius 3 is 2.45 bits per heavy atom. The number of unbranched alkanes of at least 4 members (excludes halogenated alkanes) is 2. The molecule has 5 N–H and O–H groups in total. The first-order valence-electron chi connectivity index (χ1n) is 16.7. The van der Waals surface area contributed by atoms with E-state index in [0.29, 0.717) is 61.8 Å². The molecule has 0 aromatic heterocycles. The number of carbonyl (C=O) groups excluding carboxylic acids is 2. The van der Waals surface area contributed by atoms with Crippen LogP contribution in [0.15, 0.2) is 72.8 Å². The molecule has 252 valence electrons. The highest BCUT2D eigenvalue weighted by atomic mass is 16.7. The van der Waals surface area contributed by atoms with Crippen LogP contribution in [0.5, 0.6) is 0 Å². The number of amides is 2. The minimum atomic E-state index is -0.603. The molecule has 4 atom stereocenters. The zero-order valence-corrected chi connectivity index (χ0v) is 27.2. The summed E-state index contributed by atoms with van der Waals surface area (Å²) < 4.78 is 18.6. The van der Waals surface area contributed by atoms with E-state index in [1.165, 1.54) is 0 Å². The van der Waals surface area contributed by atoms with Crippen LogP contribution in [0, 0.1) is 0 Å². The van der Waals surface area contributed by atoms with Gasteiger partial charge in [-0.1, -0.05) is 55.0 Å². The van der Waals surface area contributed by atoms with Gasteiger partial charge in [-0.2, -0.15) is 0 Å². The number of carbonyl (C=O) groups is 2. The molecule has 0 spiro atoms. The second-order valence-corrected chi connectivity index (χ2v) is 12.5. The van der Waals surface area contributed by atoms with Gasteiger partial charge in [0.05, 0.1) is 36.8 Å². The van der Waals surface area contributed by atoms with Gasteiger partial charge in [-0.15, -0.1) is 0 Å². The van der Waals surface area contributed by atoms with Crippen LogP contribution in [0.1, 0.15) is 80.5 Å². The van der Waals surface area contributed by atoms with E-state index in [1.807, 2.05) is 60.7 Å². The Morgan fingerprint density at radius 2 is 1.70 bits per heavy atom. The van der Waals surface area contributed by atoms with E-state index in [4.69, 9.17) is 19.9 Å². The molecular weight excluding hydrogens is 596 g/mol. The van der Waals surface area contributed by atoms with Crippen molar-refractivity contribution in [3.05, 3.63) is 89.5 Å². The zero-order chi connectivity index (χ0) is 33.0. The van der Waals surface area contributed by atoms with Gasteiger partial charge in [0.2, 0.25) is 11.8 Å². The molecule has 0 radical (unpaired) electrons. The molecule has 0 aliphatic carbocycles. The SMILES string of the molecule is COC[C@@H]1CCCN1C[C@H]1C[C@@H](c2ccc(CO)cc2)O[C@@H](c2cccc(NC(=O)CCCCCC(=O)Nc3ccccc3N)c2)O1. The summed E-state index contributed by atoms with van der Waals surface area (Å²) >= 11 is 0. The number of rotatable bonds is 15. The summed E-state index contributed by atoms with van der Waals surface area (Å²) in [5, 5.41) is 15.4. The highest BCUT2D eigenvalue weighted by molar-refractivity contribution is 5.93. The zero-order valence-electron chi connectivity index (χ0n) is 27.2. The molecule has 5 rings (SSSR count). The van der Waals surface area contributed by atoms with Crippen LogP contribution in [0.25, 0.3) is 0 Å². The molecule has 0 unspecified atom stereocenters. The second kappa shape index (κ2) is 17.4. The Morgan fingerprint density at radius 1 is 0.936 bits per heavy atom. The van der Waals surface area contributed by atoms with Crippen molar-refractivity contribution in [3.8, 4) is 0 Å². The summed E-state index contributed by atoms with van der Waals surface area (Å²) in [6.07, 6.45) is 5.00. The van der Waals surface area contributed by atoms with Crippen molar-refractivity contribution in [2.75, 3.05) is 43.2 Å². The van der Waals surface area contributed by atoms with Crippen molar-refractivity contribution >= 4 is 28.9 Å². The second-order valence-electron chi connectivity index (χ2n) is 12.5. The lowest BCUT2D eigenvalue weighted by molar-refractivity contribution is -0.253. The molecule has 3 aromatic carbocycles. The van der Waals surface area contributed by atoms with Crippen molar-refractivity contribution in [2.45, 2.75) is 82.5 Å². The van der Waals surface area contributed by atoms with E-state index in [0.717, 1.165) is 49.0 Å². The standard InChI is InChI=1S/C37H48N4O6/c1-45-25-30-11-8-20-41(30)23-31-22-34(27-18-16-26(24-42)17-19-27)47-37(46-31)28-9-7-10-29(21-28)39-35(43)14-3-2-4-15-36(44)40-33-13-6-5-12-32(33)38/h5-7,9-10,12-13,16-19,21,30-31,34,37,42H,2-4,8,11,14-15,20,22-25,38H2,1H3,(H,39,43)(H,40,44)/t30-,31+,34-,37-/m0/s1. The van der Waals surface area contributed by atoms with E-state index in [2.05, 4.69) is 15.5 Å². The Kier molecular flexibility index (Phi) is 12.8. The fourth-order valence-electron chi connectivity index (χ4n) is 6.37. The first kappa shape index (κ1) is 34.5. The van der Waals surface area contributed by atoms with E-state index in [1.54, 1.807) is 19.2 Å². The molecule has 47 heavy (non-hydrogen) atoms. The van der Waals surface area contributed by atoms with Crippen LogP contribution in [-0.2, 0) is 30.4 Å². The van der Waals surface area contributed by atoms with E-state index in [9.17, 15) is 14.7 Å². The molecule has 10 heteroatoms. The lowest BCUT2D eigenvalue weighted by Crippen LogP contribution is -2.42. The number of nitrogens with one attached hydrogen (secondary N) is 2. The number of ether oxygens (including phenoxy) is 3. The summed E-state index contributed by atoms with van der Waals surface area (Å²) in [4.78, 5) is 27.5. The maximum absolute atomic E-state index is 12.8. The Balaban J connectivity index is 1.15. The van der Waals surface area contributed by atoms with Crippen molar-refractivity contribution in [1.29, 1.82) is 0 Å². The van der Waals surface area contributed by atoms with Crippen LogP contribution in [0.2, 0.25) is 0 Å². The number of para-hydroxylation sites is 2. The number of aliphatic hydroxyl groups excluding tert-OH is 1. The van der Waals surface area contributed by atoms with Crippen LogP contribution in [0.3, 0.4) is 0 Å².